The topological polar surface area (TPSA) is 37.3 Å². The molecule has 1 fully saturated rings. The first-order valence-corrected chi connectivity index (χ1v) is 5.92. The van der Waals surface area contributed by atoms with Crippen molar-refractivity contribution in [1.82, 2.24) is 0 Å². The van der Waals surface area contributed by atoms with E-state index in [2.05, 4.69) is 15.9 Å². The Morgan fingerprint density at radius 2 is 2.19 bits per heavy atom. The van der Waals surface area contributed by atoms with E-state index in [0.29, 0.717) is 10.0 Å². The number of benzene rings is 1. The second-order valence-corrected chi connectivity index (χ2v) is 5.27. The Bertz CT molecular complexity index is 429. The molecule has 0 bridgehead atoms. The van der Waals surface area contributed by atoms with E-state index in [1.165, 1.54) is 6.07 Å². The smallest absolute Gasteiger partial charge is 0.304 e. The molecular formula is C12H12BrFO2. The SMILES string of the molecule is Cc1c(F)cc(C2(CC(=O)O)CC2)cc1Br. The average molecular weight is 287 g/mol. The van der Waals surface area contributed by atoms with E-state index in [4.69, 9.17) is 5.11 Å². The van der Waals surface area contributed by atoms with Crippen LogP contribution in [0.15, 0.2) is 16.6 Å². The van der Waals surface area contributed by atoms with E-state index in [0.717, 1.165) is 18.4 Å². The Balaban J connectivity index is 2.38. The minimum Gasteiger partial charge on any atom is -0.481 e. The van der Waals surface area contributed by atoms with E-state index < -0.39 is 5.97 Å². The number of aliphatic carboxylic acids is 1. The third kappa shape index (κ3) is 1.98. The minimum absolute atomic E-state index is 0.0853. The van der Waals surface area contributed by atoms with Gasteiger partial charge in [-0.25, -0.2) is 4.39 Å². The van der Waals surface area contributed by atoms with Gasteiger partial charge >= 0.3 is 5.97 Å². The molecule has 0 radical (unpaired) electrons. The summed E-state index contributed by atoms with van der Waals surface area (Å²) in [7, 11) is 0. The molecule has 4 heteroatoms. The number of hydrogen-bond donors (Lipinski definition) is 1. The zero-order chi connectivity index (χ0) is 11.9. The molecule has 16 heavy (non-hydrogen) atoms. The maximum atomic E-state index is 13.6. The highest BCUT2D eigenvalue weighted by Crippen LogP contribution is 2.51. The van der Waals surface area contributed by atoms with Gasteiger partial charge in [-0.05, 0) is 43.0 Å². The lowest BCUT2D eigenvalue weighted by molar-refractivity contribution is -0.137. The molecule has 1 aliphatic rings. The van der Waals surface area contributed by atoms with Crippen molar-refractivity contribution in [2.24, 2.45) is 0 Å². The van der Waals surface area contributed by atoms with Gasteiger partial charge < -0.3 is 5.11 Å². The van der Waals surface area contributed by atoms with Gasteiger partial charge in [0, 0.05) is 9.89 Å². The van der Waals surface area contributed by atoms with Crippen molar-refractivity contribution in [3.8, 4) is 0 Å². The minimum atomic E-state index is -0.824. The van der Waals surface area contributed by atoms with Crippen molar-refractivity contribution in [3.63, 3.8) is 0 Å². The van der Waals surface area contributed by atoms with Gasteiger partial charge in [0.1, 0.15) is 5.82 Å². The zero-order valence-corrected chi connectivity index (χ0v) is 10.5. The van der Waals surface area contributed by atoms with Crippen molar-refractivity contribution in [3.05, 3.63) is 33.5 Å². The Morgan fingerprint density at radius 1 is 1.56 bits per heavy atom. The lowest BCUT2D eigenvalue weighted by atomic mass is 9.91. The van der Waals surface area contributed by atoms with Crippen LogP contribution in [0.5, 0.6) is 0 Å². The third-order valence-electron chi connectivity index (χ3n) is 3.24. The molecule has 0 aromatic heterocycles. The van der Waals surface area contributed by atoms with Crippen molar-refractivity contribution >= 4 is 21.9 Å². The van der Waals surface area contributed by atoms with Gasteiger partial charge in [-0.2, -0.15) is 0 Å². The molecule has 0 heterocycles. The molecule has 0 spiro atoms. The molecule has 1 saturated carbocycles. The average Bonchev–Trinajstić information content (AvgIpc) is 2.93. The summed E-state index contributed by atoms with van der Waals surface area (Å²) in [6, 6.07) is 3.31. The van der Waals surface area contributed by atoms with E-state index in [-0.39, 0.29) is 17.7 Å². The molecule has 2 nitrogen and oxygen atoms in total. The van der Waals surface area contributed by atoms with Crippen molar-refractivity contribution in [1.29, 1.82) is 0 Å². The summed E-state index contributed by atoms with van der Waals surface area (Å²) in [4.78, 5) is 10.8. The van der Waals surface area contributed by atoms with E-state index >= 15 is 0 Å². The molecule has 1 N–H and O–H groups in total. The Kier molecular flexibility index (Phi) is 2.78. The van der Waals surface area contributed by atoms with Crippen LogP contribution in [0.3, 0.4) is 0 Å². The summed E-state index contributed by atoms with van der Waals surface area (Å²) in [5.41, 5.74) is 1.03. The predicted molar refractivity (Wildman–Crippen MR) is 62.0 cm³/mol. The highest BCUT2D eigenvalue weighted by atomic mass is 79.9. The molecule has 0 atom stereocenters. The molecular weight excluding hydrogens is 275 g/mol. The van der Waals surface area contributed by atoms with Crippen LogP contribution < -0.4 is 0 Å². The highest BCUT2D eigenvalue weighted by molar-refractivity contribution is 9.10. The fraction of sp³-hybridized carbons (Fsp3) is 0.417. The standard InChI is InChI=1S/C12H12BrFO2/c1-7-9(13)4-8(5-10(7)14)12(2-3-12)6-11(15)16/h4-5H,2-3,6H2,1H3,(H,15,16). The predicted octanol–water partition coefficient (Wildman–Crippen LogP) is 3.40. The van der Waals surface area contributed by atoms with E-state index in [1.54, 1.807) is 6.92 Å². The number of hydrogen-bond acceptors (Lipinski definition) is 1. The van der Waals surface area contributed by atoms with Crippen molar-refractivity contribution < 1.29 is 14.3 Å². The molecule has 0 amide bonds. The molecule has 0 aliphatic heterocycles. The van der Waals surface area contributed by atoms with Gasteiger partial charge in [-0.15, -0.1) is 0 Å². The number of rotatable bonds is 3. The molecule has 1 aromatic rings. The summed E-state index contributed by atoms with van der Waals surface area (Å²) >= 11 is 3.30. The molecule has 86 valence electrons. The molecule has 1 aliphatic carbocycles. The first-order chi connectivity index (χ1) is 7.44. The van der Waals surface area contributed by atoms with Gasteiger partial charge in [-0.1, -0.05) is 15.9 Å². The first-order valence-electron chi connectivity index (χ1n) is 5.12. The fourth-order valence-electron chi connectivity index (χ4n) is 1.96. The Labute approximate surface area is 102 Å². The normalized spacial score (nSPS) is 17.2. The van der Waals surface area contributed by atoms with Crippen LogP contribution in [-0.2, 0) is 10.2 Å². The summed E-state index contributed by atoms with van der Waals surface area (Å²) in [6.07, 6.45) is 1.74. The maximum Gasteiger partial charge on any atom is 0.304 e. The summed E-state index contributed by atoms with van der Waals surface area (Å²) in [6.45, 7) is 1.69. The number of carbonyl (C=O) groups is 1. The number of carboxylic acids is 1. The van der Waals surface area contributed by atoms with Gasteiger partial charge in [-0.3, -0.25) is 4.79 Å². The second-order valence-electron chi connectivity index (χ2n) is 4.42. The second kappa shape index (κ2) is 3.84. The van der Waals surface area contributed by atoms with E-state index in [1.807, 2.05) is 6.07 Å². The van der Waals surface area contributed by atoms with Gasteiger partial charge in [0.05, 0.1) is 6.42 Å². The number of halogens is 2. The van der Waals surface area contributed by atoms with Crippen LogP contribution in [0.4, 0.5) is 4.39 Å². The molecule has 0 saturated heterocycles. The quantitative estimate of drug-likeness (QED) is 0.925. The fourth-order valence-corrected chi connectivity index (χ4v) is 2.40. The molecule has 0 unspecified atom stereocenters. The molecule has 1 aromatic carbocycles. The van der Waals surface area contributed by atoms with Gasteiger partial charge in [0.25, 0.3) is 0 Å². The van der Waals surface area contributed by atoms with Gasteiger partial charge in [0.15, 0.2) is 0 Å². The summed E-state index contributed by atoms with van der Waals surface area (Å²) in [5, 5.41) is 8.84. The monoisotopic (exact) mass is 286 g/mol. The Hall–Kier alpha value is -0.900. The summed E-state index contributed by atoms with van der Waals surface area (Å²) in [5.74, 6) is -1.10. The van der Waals surface area contributed by atoms with Crippen LogP contribution in [0, 0.1) is 12.7 Å². The molecule has 2 rings (SSSR count). The zero-order valence-electron chi connectivity index (χ0n) is 8.89. The maximum absolute atomic E-state index is 13.6. The van der Waals surface area contributed by atoms with Crippen LogP contribution in [0.1, 0.15) is 30.4 Å². The number of carboxylic acid groups (broad SMARTS) is 1. The van der Waals surface area contributed by atoms with Crippen LogP contribution in [0.2, 0.25) is 0 Å². The lowest BCUT2D eigenvalue weighted by Gasteiger charge is -2.14. The van der Waals surface area contributed by atoms with Crippen LogP contribution in [0.25, 0.3) is 0 Å². The van der Waals surface area contributed by atoms with E-state index in [9.17, 15) is 9.18 Å². The van der Waals surface area contributed by atoms with Crippen molar-refractivity contribution in [2.75, 3.05) is 0 Å². The highest BCUT2D eigenvalue weighted by Gasteiger charge is 2.46. The largest absolute Gasteiger partial charge is 0.481 e. The van der Waals surface area contributed by atoms with Gasteiger partial charge in [0.2, 0.25) is 0 Å². The summed E-state index contributed by atoms with van der Waals surface area (Å²) < 4.78 is 14.3. The lowest BCUT2D eigenvalue weighted by Crippen LogP contribution is -2.13. The van der Waals surface area contributed by atoms with Crippen LogP contribution >= 0.6 is 15.9 Å². The Morgan fingerprint density at radius 3 is 2.62 bits per heavy atom. The van der Waals surface area contributed by atoms with Crippen LogP contribution in [-0.4, -0.2) is 11.1 Å². The third-order valence-corrected chi connectivity index (χ3v) is 4.06. The van der Waals surface area contributed by atoms with Crippen molar-refractivity contribution in [2.45, 2.75) is 31.6 Å². The first kappa shape index (κ1) is 11.6.